The molecule has 3 aromatic rings. The predicted molar refractivity (Wildman–Crippen MR) is 142 cm³/mol. The van der Waals surface area contributed by atoms with E-state index in [1.54, 1.807) is 29.2 Å². The van der Waals surface area contributed by atoms with E-state index in [9.17, 15) is 14.4 Å². The summed E-state index contributed by atoms with van der Waals surface area (Å²) < 4.78 is 21.0. The van der Waals surface area contributed by atoms with Gasteiger partial charge in [-0.2, -0.15) is 5.10 Å². The van der Waals surface area contributed by atoms with Crippen molar-refractivity contribution < 1.29 is 18.7 Å². The summed E-state index contributed by atoms with van der Waals surface area (Å²) in [7, 11) is 0. The Labute approximate surface area is 225 Å². The van der Waals surface area contributed by atoms with Crippen LogP contribution in [0.2, 0.25) is 0 Å². The average molecular weight is 531 g/mol. The lowest BCUT2D eigenvalue weighted by atomic mass is 9.89. The molecule has 3 saturated heterocycles. The Hall–Kier alpha value is -3.75. The van der Waals surface area contributed by atoms with E-state index in [1.165, 1.54) is 6.07 Å². The number of piperazine rings is 1. The van der Waals surface area contributed by atoms with Crippen molar-refractivity contribution in [1.29, 1.82) is 0 Å². The van der Waals surface area contributed by atoms with Crippen LogP contribution in [0.25, 0.3) is 10.8 Å². The Morgan fingerprint density at radius 2 is 1.72 bits per heavy atom. The molecule has 39 heavy (non-hydrogen) atoms. The molecule has 1 aromatic heterocycles. The molecule has 5 aliphatic rings. The summed E-state index contributed by atoms with van der Waals surface area (Å²) in [5, 5.41) is 8.05. The fraction of sp³-hybridized carbons (Fsp3) is 0.467. The van der Waals surface area contributed by atoms with Crippen LogP contribution >= 0.6 is 0 Å². The minimum Gasteiger partial charge on any atom is -0.490 e. The van der Waals surface area contributed by atoms with Crippen LogP contribution in [0.1, 0.15) is 66.6 Å². The van der Waals surface area contributed by atoms with Gasteiger partial charge in [-0.1, -0.05) is 6.07 Å². The van der Waals surface area contributed by atoms with Gasteiger partial charge in [-0.15, -0.1) is 0 Å². The van der Waals surface area contributed by atoms with Gasteiger partial charge in [0.05, 0.1) is 22.7 Å². The molecule has 0 radical (unpaired) electrons. The van der Waals surface area contributed by atoms with E-state index >= 15 is 4.39 Å². The first kappa shape index (κ1) is 24.3. The van der Waals surface area contributed by atoms with E-state index in [0.29, 0.717) is 41.7 Å². The molecule has 2 bridgehead atoms. The van der Waals surface area contributed by atoms with E-state index in [2.05, 4.69) is 10.2 Å². The molecular weight excluding hydrogens is 499 g/mol. The van der Waals surface area contributed by atoms with Crippen molar-refractivity contribution in [3.05, 3.63) is 69.4 Å². The summed E-state index contributed by atoms with van der Waals surface area (Å²) in [4.78, 5) is 42.4. The molecule has 0 spiro atoms. The smallest absolute Gasteiger partial charge is 0.272 e. The number of nitrogens with one attached hydrogen (secondary N) is 1. The van der Waals surface area contributed by atoms with Gasteiger partial charge < -0.3 is 14.5 Å². The summed E-state index contributed by atoms with van der Waals surface area (Å²) in [6, 6.07) is 9.89. The number of ether oxygens (including phenoxy) is 1. The zero-order valence-corrected chi connectivity index (χ0v) is 21.7. The second-order valence-corrected chi connectivity index (χ2v) is 11.5. The zero-order chi connectivity index (χ0) is 26.7. The van der Waals surface area contributed by atoms with E-state index in [4.69, 9.17) is 4.74 Å². The highest BCUT2D eigenvalue weighted by molar-refractivity contribution is 5.95. The van der Waals surface area contributed by atoms with Gasteiger partial charge in [0.15, 0.2) is 0 Å². The number of H-pyrrole nitrogens is 1. The molecule has 5 fully saturated rings. The minimum absolute atomic E-state index is 0.00588. The highest BCUT2D eigenvalue weighted by atomic mass is 19.1. The number of carbonyl (C=O) groups is 2. The molecule has 2 aromatic carbocycles. The lowest BCUT2D eigenvalue weighted by Gasteiger charge is -2.51. The Kier molecular flexibility index (Phi) is 5.90. The lowest BCUT2D eigenvalue weighted by molar-refractivity contribution is -0.141. The molecule has 4 heterocycles. The van der Waals surface area contributed by atoms with E-state index in [0.717, 1.165) is 50.5 Å². The number of amides is 2. The highest BCUT2D eigenvalue weighted by Crippen LogP contribution is 2.37. The maximum atomic E-state index is 15.0. The van der Waals surface area contributed by atoms with Gasteiger partial charge in [0, 0.05) is 42.9 Å². The largest absolute Gasteiger partial charge is 0.490 e. The van der Waals surface area contributed by atoms with Crippen LogP contribution in [-0.2, 0) is 11.2 Å². The number of aromatic nitrogens is 2. The number of benzene rings is 2. The number of nitrogens with zero attached hydrogens (tertiary/aromatic N) is 3. The fourth-order valence-corrected chi connectivity index (χ4v) is 6.19. The van der Waals surface area contributed by atoms with E-state index in [1.807, 2.05) is 11.0 Å². The molecule has 8 rings (SSSR count). The summed E-state index contributed by atoms with van der Waals surface area (Å²) in [5.74, 6) is 0.169. The van der Waals surface area contributed by atoms with Crippen LogP contribution in [0.15, 0.2) is 41.2 Å². The maximum Gasteiger partial charge on any atom is 0.272 e. The highest BCUT2D eigenvalue weighted by Gasteiger charge is 2.46. The molecule has 2 amide bonds. The molecule has 1 N–H and O–H groups in total. The van der Waals surface area contributed by atoms with Gasteiger partial charge in [-0.05, 0) is 80.8 Å². The van der Waals surface area contributed by atoms with E-state index in [-0.39, 0.29) is 47.0 Å². The van der Waals surface area contributed by atoms with Crippen molar-refractivity contribution in [1.82, 2.24) is 20.0 Å². The van der Waals surface area contributed by atoms with Crippen LogP contribution in [0.3, 0.4) is 0 Å². The van der Waals surface area contributed by atoms with E-state index < -0.39 is 5.82 Å². The first-order valence-electron chi connectivity index (χ1n) is 14.0. The van der Waals surface area contributed by atoms with Gasteiger partial charge in [0.2, 0.25) is 5.91 Å². The van der Waals surface area contributed by atoms with Crippen molar-refractivity contribution in [2.24, 2.45) is 5.92 Å². The van der Waals surface area contributed by atoms with Crippen LogP contribution < -0.4 is 10.3 Å². The average Bonchev–Trinajstić information content (AvgIpc) is 3.78. The lowest BCUT2D eigenvalue weighted by Crippen LogP contribution is -2.65. The SMILES string of the molecule is O=C(c1cc(Cc2n[nH]c(=O)c3ccc(OC4CCC4)cc23)ccc1F)N1C[C@@H]2CC[C@H]1CN2C(=O)C1CC1. The summed E-state index contributed by atoms with van der Waals surface area (Å²) in [6.45, 7) is 0.979. The third-order valence-electron chi connectivity index (χ3n) is 8.83. The molecular formula is C30H31FN4O4. The zero-order valence-electron chi connectivity index (χ0n) is 21.7. The number of hydrogen-bond acceptors (Lipinski definition) is 5. The van der Waals surface area contributed by atoms with Gasteiger partial charge >= 0.3 is 0 Å². The second-order valence-electron chi connectivity index (χ2n) is 11.5. The number of piperidine rings is 2. The van der Waals surface area contributed by atoms with Crippen molar-refractivity contribution in [2.75, 3.05) is 13.1 Å². The minimum atomic E-state index is -0.563. The molecule has 202 valence electrons. The number of fused-ring (bicyclic) bond motifs is 4. The van der Waals surface area contributed by atoms with Gasteiger partial charge in [0.25, 0.3) is 11.5 Å². The summed E-state index contributed by atoms with van der Waals surface area (Å²) in [6.07, 6.45) is 7.36. The van der Waals surface area contributed by atoms with Gasteiger partial charge in [0.1, 0.15) is 11.6 Å². The normalized spacial score (nSPS) is 22.7. The monoisotopic (exact) mass is 530 g/mol. The summed E-state index contributed by atoms with van der Waals surface area (Å²) in [5.41, 5.74) is 1.09. The number of carbonyl (C=O) groups excluding carboxylic acids is 2. The Morgan fingerprint density at radius 1 is 0.949 bits per heavy atom. The number of hydrogen-bond donors (Lipinski definition) is 1. The third kappa shape index (κ3) is 4.47. The maximum absolute atomic E-state index is 15.0. The summed E-state index contributed by atoms with van der Waals surface area (Å²) >= 11 is 0. The van der Waals surface area contributed by atoms with Gasteiger partial charge in [-0.3, -0.25) is 14.4 Å². The standard InChI is InChI=1S/C30H31FN4O4/c31-26-11-4-17(13-27-24-14-22(39-21-2-1-3-21)9-10-23(24)28(36)33-32-27)12-25(26)30(38)35-16-19-7-8-20(35)15-34(19)29(37)18-5-6-18/h4,9-12,14,18-21H,1-3,5-8,13,15-16H2,(H,33,36)/t19-,20-/m0/s1. The Balaban J connectivity index is 1.14. The van der Waals surface area contributed by atoms with Crippen molar-refractivity contribution >= 4 is 22.6 Å². The number of aromatic amines is 1. The Morgan fingerprint density at radius 3 is 2.41 bits per heavy atom. The van der Waals surface area contributed by atoms with Crippen molar-refractivity contribution in [3.63, 3.8) is 0 Å². The molecule has 2 aliphatic carbocycles. The van der Waals surface area contributed by atoms with Gasteiger partial charge in [-0.25, -0.2) is 9.49 Å². The first-order chi connectivity index (χ1) is 18.9. The van der Waals surface area contributed by atoms with Crippen LogP contribution in [0, 0.1) is 11.7 Å². The quantitative estimate of drug-likeness (QED) is 0.523. The van der Waals surface area contributed by atoms with Crippen LogP contribution in [-0.4, -0.2) is 63.1 Å². The molecule has 9 heteroatoms. The van der Waals surface area contributed by atoms with Crippen LogP contribution in [0.5, 0.6) is 5.75 Å². The molecule has 2 atom stereocenters. The molecule has 8 nitrogen and oxygen atoms in total. The Bertz CT molecular complexity index is 1530. The second kappa shape index (κ2) is 9.47. The topological polar surface area (TPSA) is 95.6 Å². The first-order valence-corrected chi connectivity index (χ1v) is 14.0. The molecule has 2 saturated carbocycles. The predicted octanol–water partition coefficient (Wildman–Crippen LogP) is 3.81. The van der Waals surface area contributed by atoms with Crippen molar-refractivity contribution in [3.8, 4) is 5.75 Å². The number of halogens is 1. The molecule has 3 aliphatic heterocycles. The van der Waals surface area contributed by atoms with Crippen LogP contribution in [0.4, 0.5) is 4.39 Å². The molecule has 0 unspecified atom stereocenters. The third-order valence-corrected chi connectivity index (χ3v) is 8.83. The van der Waals surface area contributed by atoms with Crippen molar-refractivity contribution in [2.45, 2.75) is 69.6 Å². The number of rotatable bonds is 6. The fourth-order valence-electron chi connectivity index (χ4n) is 6.19.